The summed E-state index contributed by atoms with van der Waals surface area (Å²) in [6.45, 7) is 6.30. The Morgan fingerprint density at radius 2 is 1.85 bits per heavy atom. The highest BCUT2D eigenvalue weighted by atomic mass is 16.5. The zero-order valence-electron chi connectivity index (χ0n) is 27.3. The van der Waals surface area contributed by atoms with Crippen LogP contribution in [0.3, 0.4) is 0 Å². The van der Waals surface area contributed by atoms with Crippen molar-refractivity contribution in [2.75, 3.05) is 32.5 Å². The Hall–Kier alpha value is -5.65. The fourth-order valence-electron chi connectivity index (χ4n) is 5.81. The van der Waals surface area contributed by atoms with Crippen molar-refractivity contribution in [1.82, 2.24) is 25.5 Å². The predicted octanol–water partition coefficient (Wildman–Crippen LogP) is 3.88. The molecule has 1 aromatic heterocycles. The Bertz CT molecular complexity index is 1880. The summed E-state index contributed by atoms with van der Waals surface area (Å²) in [6.07, 6.45) is -0.634. The van der Waals surface area contributed by atoms with Gasteiger partial charge in [0.2, 0.25) is 5.95 Å². The number of nitrogen functional groups attached to an aromatic ring is 1. The summed E-state index contributed by atoms with van der Waals surface area (Å²) < 4.78 is 17.9. The molecule has 0 radical (unpaired) electrons. The summed E-state index contributed by atoms with van der Waals surface area (Å²) in [5.74, 6) is 0.497. The molecule has 12 heteroatoms. The highest BCUT2D eigenvalue weighted by molar-refractivity contribution is 5.96. The van der Waals surface area contributed by atoms with Gasteiger partial charge in [-0.1, -0.05) is 38.1 Å². The van der Waals surface area contributed by atoms with Gasteiger partial charge in [0.1, 0.15) is 17.5 Å². The van der Waals surface area contributed by atoms with Gasteiger partial charge in [-0.3, -0.25) is 14.4 Å². The molecule has 0 unspecified atom stereocenters. The second-order valence-corrected chi connectivity index (χ2v) is 12.2. The molecule has 3 amide bonds. The third-order valence-corrected chi connectivity index (χ3v) is 8.45. The average Bonchev–Trinajstić information content (AvgIpc) is 3.47. The van der Waals surface area contributed by atoms with Crippen LogP contribution in [-0.4, -0.2) is 71.5 Å². The Morgan fingerprint density at radius 1 is 1.02 bits per heavy atom. The summed E-state index contributed by atoms with van der Waals surface area (Å²) in [5.41, 5.74) is 10.7. The minimum Gasteiger partial charge on any atom is -0.493 e. The lowest BCUT2D eigenvalue weighted by molar-refractivity contribution is -0.123. The van der Waals surface area contributed by atoms with Crippen LogP contribution < -0.4 is 30.6 Å². The van der Waals surface area contributed by atoms with Crippen LogP contribution in [0.5, 0.6) is 17.2 Å². The van der Waals surface area contributed by atoms with Crippen molar-refractivity contribution >= 4 is 23.7 Å². The van der Waals surface area contributed by atoms with E-state index >= 15 is 0 Å². The quantitative estimate of drug-likeness (QED) is 0.299. The Balaban J connectivity index is 1.36. The van der Waals surface area contributed by atoms with E-state index in [4.69, 9.17) is 19.9 Å². The third kappa shape index (κ3) is 7.02. The molecule has 3 aliphatic heterocycles. The molecule has 48 heavy (non-hydrogen) atoms. The van der Waals surface area contributed by atoms with Gasteiger partial charge in [0.05, 0.1) is 19.7 Å². The standard InChI is InChI=1S/C36H38N6O6/c1-20(2)27-15-28(41-36(37)40-27)35(45)42-17-29-32(18-42)48-30-11-9-22(12-31(30)46-4)16-38-33(43)19-47-25-7-5-6-23(13-25)26-14-24(34(44)39-29)10-8-21(26)3/h5-15,20,29,32H,16-19H2,1-4H3,(H,38,43)(H,39,44)(H2,37,40,41)/t29-,32-/m0/s1. The number of hydrogen-bond donors (Lipinski definition) is 3. The van der Waals surface area contributed by atoms with Gasteiger partial charge in [-0.15, -0.1) is 0 Å². The lowest BCUT2D eigenvalue weighted by Crippen LogP contribution is -2.45. The van der Waals surface area contributed by atoms with Crippen LogP contribution in [0.15, 0.2) is 66.7 Å². The van der Waals surface area contributed by atoms with Crippen LogP contribution in [0.1, 0.15) is 57.4 Å². The molecular weight excluding hydrogens is 612 g/mol. The number of hydrogen-bond acceptors (Lipinski definition) is 9. The summed E-state index contributed by atoms with van der Waals surface area (Å²) in [7, 11) is 1.52. The summed E-state index contributed by atoms with van der Waals surface area (Å²) in [6, 6.07) is 19.3. The van der Waals surface area contributed by atoms with Crippen LogP contribution >= 0.6 is 0 Å². The molecule has 4 N–H and O–H groups in total. The van der Waals surface area contributed by atoms with Crippen molar-refractivity contribution in [3.63, 3.8) is 0 Å². The zero-order valence-corrected chi connectivity index (χ0v) is 27.3. The average molecular weight is 651 g/mol. The summed E-state index contributed by atoms with van der Waals surface area (Å²) in [4.78, 5) is 50.3. The maximum absolute atomic E-state index is 13.8. The molecule has 3 aliphatic rings. The number of nitrogens with zero attached hydrogens (tertiary/aromatic N) is 3. The van der Waals surface area contributed by atoms with E-state index in [2.05, 4.69) is 20.6 Å². The number of nitrogens with one attached hydrogen (secondary N) is 2. The monoisotopic (exact) mass is 650 g/mol. The smallest absolute Gasteiger partial charge is 0.272 e. The van der Waals surface area contributed by atoms with Crippen LogP contribution in [0.4, 0.5) is 5.95 Å². The Kier molecular flexibility index (Phi) is 9.15. The summed E-state index contributed by atoms with van der Waals surface area (Å²) >= 11 is 0. The number of carbonyl (C=O) groups excluding carboxylic acids is 3. The number of methoxy groups -OCH3 is 1. The van der Waals surface area contributed by atoms with Gasteiger partial charge in [0.25, 0.3) is 17.7 Å². The highest BCUT2D eigenvalue weighted by Crippen LogP contribution is 2.32. The van der Waals surface area contributed by atoms with E-state index in [0.717, 1.165) is 22.3 Å². The van der Waals surface area contributed by atoms with Crippen LogP contribution in [-0.2, 0) is 11.3 Å². The van der Waals surface area contributed by atoms with E-state index in [1.54, 1.807) is 35.2 Å². The van der Waals surface area contributed by atoms with Gasteiger partial charge in [0, 0.05) is 24.3 Å². The number of nitrogens with two attached hydrogens (primary N) is 1. The van der Waals surface area contributed by atoms with Crippen LogP contribution in [0, 0.1) is 6.92 Å². The Labute approximate surface area is 278 Å². The number of rotatable bonds is 3. The lowest BCUT2D eigenvalue weighted by atomic mass is 9.97. The first-order valence-corrected chi connectivity index (χ1v) is 15.8. The molecule has 1 saturated heterocycles. The van der Waals surface area contributed by atoms with Gasteiger partial charge in [-0.2, -0.15) is 0 Å². The van der Waals surface area contributed by atoms with E-state index in [9.17, 15) is 14.4 Å². The molecule has 4 heterocycles. The molecular formula is C36H38N6O6. The number of aryl methyl sites for hydroxylation is 1. The topological polar surface area (TPSA) is 158 Å². The summed E-state index contributed by atoms with van der Waals surface area (Å²) in [5, 5.41) is 5.99. The van der Waals surface area contributed by atoms with E-state index in [1.807, 2.05) is 57.2 Å². The molecule has 2 atom stereocenters. The first-order valence-electron chi connectivity index (χ1n) is 15.8. The van der Waals surface area contributed by atoms with Gasteiger partial charge < -0.3 is 35.5 Å². The molecule has 0 saturated carbocycles. The molecule has 12 nitrogen and oxygen atoms in total. The molecule has 0 aliphatic carbocycles. The van der Waals surface area contributed by atoms with Gasteiger partial charge in [0.15, 0.2) is 18.1 Å². The Morgan fingerprint density at radius 3 is 2.65 bits per heavy atom. The SMILES string of the molecule is COc1cc2ccc1O[C@H]1CN(C(=O)c3cc(C(C)C)nc(N)n3)C[C@@H]1NC(=O)c1ccc(C)c(c1)-c1cccc(c1)OCC(=O)NC2. The number of ether oxygens (including phenoxy) is 3. The minimum atomic E-state index is -0.634. The maximum Gasteiger partial charge on any atom is 0.272 e. The maximum atomic E-state index is 13.8. The zero-order chi connectivity index (χ0) is 33.9. The predicted molar refractivity (Wildman–Crippen MR) is 179 cm³/mol. The highest BCUT2D eigenvalue weighted by Gasteiger charge is 2.39. The molecule has 4 aromatic rings. The molecule has 1 fully saturated rings. The van der Waals surface area contributed by atoms with Crippen molar-refractivity contribution in [3.05, 3.63) is 94.8 Å². The number of fused-ring (bicyclic) bond motifs is 7. The lowest BCUT2D eigenvalue weighted by Gasteiger charge is -2.23. The molecule has 0 spiro atoms. The van der Waals surface area contributed by atoms with E-state index in [0.29, 0.717) is 28.5 Å². The second kappa shape index (κ2) is 13.6. The van der Waals surface area contributed by atoms with Gasteiger partial charge in [-0.05, 0) is 77.6 Å². The minimum absolute atomic E-state index is 0.0186. The van der Waals surface area contributed by atoms with Crippen LogP contribution in [0.25, 0.3) is 11.1 Å². The second-order valence-electron chi connectivity index (χ2n) is 12.2. The van der Waals surface area contributed by atoms with Crippen molar-refractivity contribution in [1.29, 1.82) is 0 Å². The van der Waals surface area contributed by atoms with Crippen molar-refractivity contribution in [2.24, 2.45) is 0 Å². The number of carbonyl (C=O) groups is 3. The van der Waals surface area contributed by atoms with Crippen molar-refractivity contribution in [2.45, 2.75) is 45.4 Å². The van der Waals surface area contributed by atoms with Gasteiger partial charge in [-0.25, -0.2) is 9.97 Å². The van der Waals surface area contributed by atoms with Crippen LogP contribution in [0.2, 0.25) is 0 Å². The normalized spacial score (nSPS) is 17.9. The number of benzene rings is 3. The van der Waals surface area contributed by atoms with Crippen molar-refractivity contribution in [3.8, 4) is 28.4 Å². The van der Waals surface area contributed by atoms with Gasteiger partial charge >= 0.3 is 0 Å². The van der Waals surface area contributed by atoms with Crippen molar-refractivity contribution < 1.29 is 28.6 Å². The fourth-order valence-corrected chi connectivity index (χ4v) is 5.81. The molecule has 248 valence electrons. The fraction of sp³-hybridized carbons (Fsp3) is 0.306. The number of amides is 3. The first-order chi connectivity index (χ1) is 23.1. The van der Waals surface area contributed by atoms with E-state index in [-0.39, 0.29) is 61.5 Å². The molecule has 3 aromatic carbocycles. The molecule has 6 bridgehead atoms. The third-order valence-electron chi connectivity index (χ3n) is 8.45. The molecule has 7 rings (SSSR count). The number of likely N-dealkylation sites (tertiary alicyclic amines) is 1. The number of aromatic nitrogens is 2. The van der Waals surface area contributed by atoms with E-state index in [1.165, 1.54) is 7.11 Å². The largest absolute Gasteiger partial charge is 0.493 e. The number of anilines is 1. The van der Waals surface area contributed by atoms with E-state index < -0.39 is 12.1 Å². The first kappa shape index (κ1) is 32.3.